The van der Waals surface area contributed by atoms with Crippen LogP contribution in [0.4, 0.5) is 0 Å². The number of ether oxygens (including phenoxy) is 3. The van der Waals surface area contributed by atoms with Crippen molar-refractivity contribution in [1.82, 2.24) is 0 Å². The molecule has 1 atom stereocenters. The van der Waals surface area contributed by atoms with Crippen molar-refractivity contribution in [2.45, 2.75) is 12.5 Å². The molecule has 0 aliphatic carbocycles. The normalized spacial score (nSPS) is 18.7. The van der Waals surface area contributed by atoms with Crippen LogP contribution in [0.1, 0.15) is 16.8 Å². The molecule has 6 heteroatoms. The van der Waals surface area contributed by atoms with Crippen LogP contribution in [0.5, 0.6) is 11.5 Å². The lowest BCUT2D eigenvalue weighted by molar-refractivity contribution is 0.0695. The van der Waals surface area contributed by atoms with Crippen LogP contribution < -0.4 is 9.47 Å². The Balaban J connectivity index is 2.28. The summed E-state index contributed by atoms with van der Waals surface area (Å²) in [6, 6.07) is 3.05. The van der Waals surface area contributed by atoms with E-state index in [2.05, 4.69) is 15.9 Å². The van der Waals surface area contributed by atoms with Crippen LogP contribution in [-0.4, -0.2) is 37.5 Å². The van der Waals surface area contributed by atoms with Crippen LogP contribution in [0.25, 0.3) is 0 Å². The van der Waals surface area contributed by atoms with Gasteiger partial charge in [-0.05, 0) is 28.1 Å². The Labute approximate surface area is 113 Å². The third-order valence-corrected chi connectivity index (χ3v) is 3.32. The zero-order valence-corrected chi connectivity index (χ0v) is 11.4. The second-order valence-electron chi connectivity index (χ2n) is 3.89. The minimum atomic E-state index is -1.02. The summed E-state index contributed by atoms with van der Waals surface area (Å²) in [5.41, 5.74) is 0.141. The number of hydrogen-bond acceptors (Lipinski definition) is 4. The summed E-state index contributed by atoms with van der Waals surface area (Å²) in [4.78, 5) is 11.0. The summed E-state index contributed by atoms with van der Waals surface area (Å²) >= 11 is 3.21. The molecule has 0 bridgehead atoms. The Morgan fingerprint density at radius 2 is 2.28 bits per heavy atom. The third-order valence-electron chi connectivity index (χ3n) is 2.67. The van der Waals surface area contributed by atoms with Gasteiger partial charge in [0.15, 0.2) is 11.5 Å². The van der Waals surface area contributed by atoms with Crippen molar-refractivity contribution < 1.29 is 24.1 Å². The summed E-state index contributed by atoms with van der Waals surface area (Å²) in [7, 11) is 1.48. The number of halogens is 1. The van der Waals surface area contributed by atoms with Gasteiger partial charge in [-0.15, -0.1) is 0 Å². The zero-order valence-electron chi connectivity index (χ0n) is 9.81. The van der Waals surface area contributed by atoms with Gasteiger partial charge in [-0.2, -0.15) is 0 Å². The second kappa shape index (κ2) is 5.58. The van der Waals surface area contributed by atoms with E-state index in [1.807, 2.05) is 0 Å². The van der Waals surface area contributed by atoms with Gasteiger partial charge in [-0.3, -0.25) is 0 Å². The molecule has 0 radical (unpaired) electrons. The number of carbonyl (C=O) groups is 1. The molecule has 1 aliphatic rings. The lowest BCUT2D eigenvalue weighted by Crippen LogP contribution is -2.16. The molecular formula is C12H13BrO5. The van der Waals surface area contributed by atoms with Crippen molar-refractivity contribution in [3.8, 4) is 11.5 Å². The van der Waals surface area contributed by atoms with E-state index in [1.165, 1.54) is 13.2 Å². The average Bonchev–Trinajstić information content (AvgIpc) is 2.81. The molecule has 2 rings (SSSR count). The van der Waals surface area contributed by atoms with Crippen LogP contribution in [0, 0.1) is 0 Å². The van der Waals surface area contributed by atoms with Crippen molar-refractivity contribution in [2.24, 2.45) is 0 Å². The molecule has 1 fully saturated rings. The van der Waals surface area contributed by atoms with E-state index in [1.54, 1.807) is 6.07 Å². The summed E-state index contributed by atoms with van der Waals surface area (Å²) < 4.78 is 16.6. The topological polar surface area (TPSA) is 65.0 Å². The number of methoxy groups -OCH3 is 1. The van der Waals surface area contributed by atoms with Crippen molar-refractivity contribution >= 4 is 21.9 Å². The molecule has 0 saturated carbocycles. The van der Waals surface area contributed by atoms with E-state index in [4.69, 9.17) is 19.3 Å². The lowest BCUT2D eigenvalue weighted by Gasteiger charge is -2.16. The van der Waals surface area contributed by atoms with E-state index in [0.717, 1.165) is 6.42 Å². The second-order valence-corrected chi connectivity index (χ2v) is 4.75. The van der Waals surface area contributed by atoms with Crippen LogP contribution in [0.2, 0.25) is 0 Å². The summed E-state index contributed by atoms with van der Waals surface area (Å²) in [5.74, 6) is -0.0942. The largest absolute Gasteiger partial charge is 0.493 e. The molecule has 1 heterocycles. The van der Waals surface area contributed by atoms with E-state index in [0.29, 0.717) is 29.2 Å². The van der Waals surface area contributed by atoms with Gasteiger partial charge in [-0.1, -0.05) is 0 Å². The van der Waals surface area contributed by atoms with Gasteiger partial charge in [0, 0.05) is 10.9 Å². The highest BCUT2D eigenvalue weighted by Crippen LogP contribution is 2.34. The molecular weight excluding hydrogens is 304 g/mol. The molecule has 1 unspecified atom stereocenters. The maximum Gasteiger partial charge on any atom is 0.336 e. The first kappa shape index (κ1) is 13.2. The maximum absolute atomic E-state index is 11.0. The number of aromatic carboxylic acids is 1. The van der Waals surface area contributed by atoms with Crippen molar-refractivity contribution in [1.29, 1.82) is 0 Å². The molecule has 1 N–H and O–H groups in total. The Morgan fingerprint density at radius 1 is 1.50 bits per heavy atom. The Bertz CT molecular complexity index is 454. The fourth-order valence-corrected chi connectivity index (χ4v) is 2.23. The van der Waals surface area contributed by atoms with E-state index in [-0.39, 0.29) is 11.7 Å². The van der Waals surface area contributed by atoms with Crippen molar-refractivity contribution in [3.05, 3.63) is 22.2 Å². The summed E-state index contributed by atoms with van der Waals surface area (Å²) in [5, 5.41) is 9.01. The number of benzene rings is 1. The Kier molecular flexibility index (Phi) is 4.08. The van der Waals surface area contributed by atoms with Gasteiger partial charge >= 0.3 is 5.97 Å². The van der Waals surface area contributed by atoms with Gasteiger partial charge in [0.1, 0.15) is 6.10 Å². The Hall–Kier alpha value is -1.27. The summed E-state index contributed by atoms with van der Waals surface area (Å²) in [6.45, 7) is 1.23. The molecule has 98 valence electrons. The van der Waals surface area contributed by atoms with E-state index < -0.39 is 5.97 Å². The molecule has 1 saturated heterocycles. The highest BCUT2D eigenvalue weighted by atomic mass is 79.9. The van der Waals surface area contributed by atoms with E-state index >= 15 is 0 Å². The fourth-order valence-electron chi connectivity index (χ4n) is 1.74. The summed E-state index contributed by atoms with van der Waals surface area (Å²) in [6.07, 6.45) is 0.808. The monoisotopic (exact) mass is 316 g/mol. The number of carboxylic acids is 1. The van der Waals surface area contributed by atoms with E-state index in [9.17, 15) is 4.79 Å². The van der Waals surface area contributed by atoms with Crippen molar-refractivity contribution in [3.63, 3.8) is 0 Å². The maximum atomic E-state index is 11.0. The quantitative estimate of drug-likeness (QED) is 0.923. The molecule has 0 spiro atoms. The van der Waals surface area contributed by atoms with Gasteiger partial charge in [-0.25, -0.2) is 4.79 Å². The first-order valence-corrected chi connectivity index (χ1v) is 6.26. The minimum absolute atomic E-state index is 0.0125. The molecule has 1 aromatic rings. The zero-order chi connectivity index (χ0) is 13.1. The minimum Gasteiger partial charge on any atom is -0.493 e. The average molecular weight is 317 g/mol. The lowest BCUT2D eigenvalue weighted by atomic mass is 10.2. The van der Waals surface area contributed by atoms with Crippen LogP contribution in [0.15, 0.2) is 16.6 Å². The third kappa shape index (κ3) is 2.76. The molecule has 0 aromatic heterocycles. The van der Waals surface area contributed by atoms with Crippen molar-refractivity contribution in [2.75, 3.05) is 20.3 Å². The molecule has 1 aromatic carbocycles. The number of carboxylic acid groups (broad SMARTS) is 1. The smallest absolute Gasteiger partial charge is 0.336 e. The van der Waals surface area contributed by atoms with Gasteiger partial charge in [0.05, 0.1) is 25.9 Å². The number of rotatable bonds is 4. The van der Waals surface area contributed by atoms with Crippen LogP contribution >= 0.6 is 15.9 Å². The van der Waals surface area contributed by atoms with Crippen LogP contribution in [-0.2, 0) is 4.74 Å². The van der Waals surface area contributed by atoms with Gasteiger partial charge in [0.25, 0.3) is 0 Å². The van der Waals surface area contributed by atoms with Gasteiger partial charge in [0.2, 0.25) is 0 Å². The predicted octanol–water partition coefficient (Wildman–Crippen LogP) is 2.32. The molecule has 0 amide bonds. The first-order chi connectivity index (χ1) is 8.61. The highest BCUT2D eigenvalue weighted by molar-refractivity contribution is 9.10. The predicted molar refractivity (Wildman–Crippen MR) is 67.5 cm³/mol. The Morgan fingerprint density at radius 3 is 2.83 bits per heavy atom. The SMILES string of the molecule is COc1cc(C(=O)O)c(Br)cc1OC1CCOC1. The van der Waals surface area contributed by atoms with Gasteiger partial charge < -0.3 is 19.3 Å². The standard InChI is InChI=1S/C12H13BrO5/c1-16-10-4-8(12(14)15)9(13)5-11(10)18-7-2-3-17-6-7/h4-5,7H,2-3,6H2,1H3,(H,14,15). The molecule has 1 aliphatic heterocycles. The fraction of sp³-hybridized carbons (Fsp3) is 0.417. The molecule has 5 nitrogen and oxygen atoms in total. The number of hydrogen-bond donors (Lipinski definition) is 1. The van der Waals surface area contributed by atoms with Crippen LogP contribution in [0.3, 0.4) is 0 Å². The molecule has 18 heavy (non-hydrogen) atoms. The first-order valence-electron chi connectivity index (χ1n) is 5.47. The highest BCUT2D eigenvalue weighted by Gasteiger charge is 2.21.